The largest absolute Gasteiger partial charge is 0.492 e. The summed E-state index contributed by atoms with van der Waals surface area (Å²) in [5, 5.41) is 0. The van der Waals surface area contributed by atoms with Gasteiger partial charge in [-0.05, 0) is 60.0 Å². The number of esters is 1. The summed E-state index contributed by atoms with van der Waals surface area (Å²) in [6.45, 7) is 7.86. The van der Waals surface area contributed by atoms with Crippen LogP contribution in [0.2, 0.25) is 0 Å². The maximum Gasteiger partial charge on any atom is 0.343 e. The minimum Gasteiger partial charge on any atom is -0.492 e. The first kappa shape index (κ1) is 23.3. The van der Waals surface area contributed by atoms with Gasteiger partial charge in [0.25, 0.3) is 0 Å². The van der Waals surface area contributed by atoms with E-state index in [0.717, 1.165) is 27.8 Å². The summed E-state index contributed by atoms with van der Waals surface area (Å²) in [5.41, 5.74) is 1.89. The van der Waals surface area contributed by atoms with Gasteiger partial charge in [-0.3, -0.25) is 4.79 Å². The van der Waals surface area contributed by atoms with E-state index in [4.69, 9.17) is 18.9 Å². The summed E-state index contributed by atoms with van der Waals surface area (Å²) in [7, 11) is 1.68. The van der Waals surface area contributed by atoms with Crippen LogP contribution < -0.4 is 4.74 Å². The number of nitrogens with zero attached hydrogens (tertiary/aromatic N) is 1. The number of benzene rings is 1. The molecule has 1 saturated heterocycles. The smallest absolute Gasteiger partial charge is 0.343 e. The molecule has 1 aromatic carbocycles. The maximum atomic E-state index is 12.9. The highest BCUT2D eigenvalue weighted by atomic mass is 79.9. The number of Topliss-reactive ketones (excluding diaryl/α,β-unsaturated/α-hetero) is 1. The van der Waals surface area contributed by atoms with Crippen LogP contribution in [0.4, 0.5) is 0 Å². The molecule has 3 unspecified atom stereocenters. The Morgan fingerprint density at radius 2 is 2.06 bits per heavy atom. The number of ether oxygens (including phenoxy) is 4. The lowest BCUT2D eigenvalue weighted by Crippen LogP contribution is -2.53. The number of methoxy groups -OCH3 is 1. The van der Waals surface area contributed by atoms with Gasteiger partial charge in [0.15, 0.2) is 5.78 Å². The van der Waals surface area contributed by atoms with E-state index >= 15 is 0 Å². The van der Waals surface area contributed by atoms with Gasteiger partial charge in [0.2, 0.25) is 0 Å². The molecule has 0 spiro atoms. The van der Waals surface area contributed by atoms with Crippen molar-refractivity contribution >= 4 is 27.7 Å². The van der Waals surface area contributed by atoms with Gasteiger partial charge in [0.05, 0.1) is 42.0 Å². The van der Waals surface area contributed by atoms with E-state index in [1.165, 1.54) is 0 Å². The van der Waals surface area contributed by atoms with Gasteiger partial charge < -0.3 is 23.8 Å². The predicted octanol–water partition coefficient (Wildman–Crippen LogP) is 3.90. The maximum absolute atomic E-state index is 12.9. The Morgan fingerprint density at radius 3 is 2.78 bits per heavy atom. The molecule has 8 heteroatoms. The molecule has 0 bridgehead atoms. The van der Waals surface area contributed by atoms with Gasteiger partial charge in [-0.15, -0.1) is 0 Å². The van der Waals surface area contributed by atoms with E-state index in [9.17, 15) is 9.59 Å². The molecule has 0 aromatic heterocycles. The van der Waals surface area contributed by atoms with Crippen molar-refractivity contribution in [1.82, 2.24) is 4.90 Å². The Balaban J connectivity index is 1.75. The highest BCUT2D eigenvalue weighted by Gasteiger charge is 2.54. The van der Waals surface area contributed by atoms with Crippen LogP contribution >= 0.6 is 15.9 Å². The van der Waals surface area contributed by atoms with Crippen molar-refractivity contribution in [3.8, 4) is 5.75 Å². The van der Waals surface area contributed by atoms with Crippen LogP contribution in [0.25, 0.3) is 0 Å². The molecule has 1 aromatic rings. The van der Waals surface area contributed by atoms with E-state index < -0.39 is 11.6 Å². The number of hydrogen-bond acceptors (Lipinski definition) is 7. The van der Waals surface area contributed by atoms with Gasteiger partial charge >= 0.3 is 5.97 Å². The number of fused-ring (bicyclic) bond motifs is 6. The van der Waals surface area contributed by atoms with E-state index in [-0.39, 0.29) is 42.4 Å². The summed E-state index contributed by atoms with van der Waals surface area (Å²) in [6.07, 6.45) is 2.72. The minimum absolute atomic E-state index is 0.0138. The lowest BCUT2D eigenvalue weighted by Gasteiger charge is -2.49. The summed E-state index contributed by atoms with van der Waals surface area (Å²) in [4.78, 5) is 27.5. The monoisotopic (exact) mass is 507 g/mol. The molecule has 3 aliphatic heterocycles. The van der Waals surface area contributed by atoms with E-state index in [1.807, 2.05) is 0 Å². The lowest BCUT2D eigenvalue weighted by atomic mass is 9.74. The van der Waals surface area contributed by atoms with Crippen LogP contribution in [-0.4, -0.2) is 61.8 Å². The molecular formula is C24H30BrNO6. The Labute approximate surface area is 197 Å². The quantitative estimate of drug-likeness (QED) is 0.314. The van der Waals surface area contributed by atoms with Crippen molar-refractivity contribution < 1.29 is 28.5 Å². The second-order valence-electron chi connectivity index (χ2n) is 8.93. The number of rotatable bonds is 7. The first-order valence-corrected chi connectivity index (χ1v) is 11.9. The zero-order valence-electron chi connectivity index (χ0n) is 19.0. The normalized spacial score (nSPS) is 25.5. The number of halogens is 1. The standard InChI is InChI=1S/C24H30BrNO6/c1-5-30-23(28)16-12-26-19(11-20(16)27)15-9-18(25)21(31-8-6-7-29-4)10-14(15)17-13-32-24(2,3)22(17)26/h9-10,12,17,19,22H,5-8,11,13H2,1-4H3. The zero-order valence-corrected chi connectivity index (χ0v) is 20.6. The third kappa shape index (κ3) is 4.08. The van der Waals surface area contributed by atoms with Gasteiger partial charge in [-0.1, -0.05) is 0 Å². The average Bonchev–Trinajstić information content (AvgIpc) is 3.07. The molecule has 3 heterocycles. The molecular weight excluding hydrogens is 478 g/mol. The molecule has 1 fully saturated rings. The molecule has 0 aliphatic carbocycles. The molecule has 32 heavy (non-hydrogen) atoms. The average molecular weight is 508 g/mol. The molecule has 0 radical (unpaired) electrons. The van der Waals surface area contributed by atoms with Gasteiger partial charge in [-0.2, -0.15) is 0 Å². The number of carbonyl (C=O) groups excluding carboxylic acids is 2. The van der Waals surface area contributed by atoms with Crippen molar-refractivity contribution in [2.45, 2.75) is 57.2 Å². The molecule has 174 valence electrons. The molecule has 0 N–H and O–H groups in total. The molecule has 0 amide bonds. The fourth-order valence-corrected chi connectivity index (χ4v) is 5.58. The van der Waals surface area contributed by atoms with Crippen LogP contribution in [0.15, 0.2) is 28.4 Å². The summed E-state index contributed by atoms with van der Waals surface area (Å²) in [5.74, 6) is 0.123. The van der Waals surface area contributed by atoms with Gasteiger partial charge in [0, 0.05) is 38.7 Å². The molecule has 4 rings (SSSR count). The third-order valence-corrected chi connectivity index (χ3v) is 7.13. The topological polar surface area (TPSA) is 74.3 Å². The Bertz CT molecular complexity index is 943. The zero-order chi connectivity index (χ0) is 23.0. The van der Waals surface area contributed by atoms with E-state index in [0.29, 0.717) is 19.8 Å². The van der Waals surface area contributed by atoms with Crippen molar-refractivity contribution in [2.75, 3.05) is 33.5 Å². The molecule has 7 nitrogen and oxygen atoms in total. The van der Waals surface area contributed by atoms with Gasteiger partial charge in [0.1, 0.15) is 11.3 Å². The van der Waals surface area contributed by atoms with Crippen molar-refractivity contribution in [3.63, 3.8) is 0 Å². The number of ketones is 1. The highest BCUT2D eigenvalue weighted by molar-refractivity contribution is 9.10. The highest BCUT2D eigenvalue weighted by Crippen LogP contribution is 2.53. The second-order valence-corrected chi connectivity index (χ2v) is 9.78. The van der Waals surface area contributed by atoms with Crippen molar-refractivity contribution in [2.24, 2.45) is 0 Å². The number of hydrogen-bond donors (Lipinski definition) is 0. The Kier molecular flexibility index (Phi) is 6.66. The number of carbonyl (C=O) groups is 2. The van der Waals surface area contributed by atoms with E-state index in [2.05, 4.69) is 46.8 Å². The van der Waals surface area contributed by atoms with Crippen LogP contribution in [-0.2, 0) is 23.8 Å². The van der Waals surface area contributed by atoms with Crippen LogP contribution in [0.5, 0.6) is 5.75 Å². The fourth-order valence-electron chi connectivity index (χ4n) is 5.10. The molecule has 3 aliphatic rings. The molecule has 0 saturated carbocycles. The minimum atomic E-state index is -0.559. The van der Waals surface area contributed by atoms with Crippen LogP contribution in [0.3, 0.4) is 0 Å². The fraction of sp³-hybridized carbons (Fsp3) is 0.583. The Morgan fingerprint density at radius 1 is 1.28 bits per heavy atom. The summed E-state index contributed by atoms with van der Waals surface area (Å²) >= 11 is 3.65. The lowest BCUT2D eigenvalue weighted by molar-refractivity contribution is -0.141. The first-order chi connectivity index (χ1) is 15.3. The SMILES string of the molecule is CCOC(=O)C1=CN2C(CC1=O)c1cc(Br)c(OCCCOC)cc1C1COC(C)(C)C12. The van der Waals surface area contributed by atoms with Crippen LogP contribution in [0, 0.1) is 0 Å². The van der Waals surface area contributed by atoms with Crippen molar-refractivity contribution in [1.29, 1.82) is 0 Å². The first-order valence-electron chi connectivity index (χ1n) is 11.1. The summed E-state index contributed by atoms with van der Waals surface area (Å²) < 4.78 is 23.3. The van der Waals surface area contributed by atoms with Crippen molar-refractivity contribution in [3.05, 3.63) is 39.5 Å². The predicted molar refractivity (Wildman–Crippen MR) is 122 cm³/mol. The van der Waals surface area contributed by atoms with E-state index in [1.54, 1.807) is 20.2 Å². The third-order valence-electron chi connectivity index (χ3n) is 6.51. The Hall–Kier alpha value is -1.90. The second kappa shape index (κ2) is 9.15. The van der Waals surface area contributed by atoms with Crippen LogP contribution in [0.1, 0.15) is 56.7 Å². The summed E-state index contributed by atoms with van der Waals surface area (Å²) in [6, 6.07) is 3.95. The molecule has 3 atom stereocenters. The van der Waals surface area contributed by atoms with Gasteiger partial charge in [-0.25, -0.2) is 4.79 Å².